The number of aromatic nitrogens is 3. The molecule has 1 aliphatic heterocycles. The van der Waals surface area contributed by atoms with Crippen molar-refractivity contribution in [3.63, 3.8) is 0 Å². The molecular formula is C23H34N6O2. The Bertz CT molecular complexity index is 867. The van der Waals surface area contributed by atoms with Crippen LogP contribution in [0.3, 0.4) is 0 Å². The van der Waals surface area contributed by atoms with Crippen molar-refractivity contribution in [3.05, 3.63) is 36.4 Å². The van der Waals surface area contributed by atoms with Crippen molar-refractivity contribution in [2.45, 2.75) is 64.6 Å². The summed E-state index contributed by atoms with van der Waals surface area (Å²) in [4.78, 5) is 4.86. The van der Waals surface area contributed by atoms with E-state index in [2.05, 4.69) is 39.2 Å². The molecule has 2 N–H and O–H groups in total. The van der Waals surface area contributed by atoms with Crippen molar-refractivity contribution < 1.29 is 9.47 Å². The lowest BCUT2D eigenvalue weighted by Crippen LogP contribution is -2.48. The minimum atomic E-state index is -0.0955. The maximum Gasteiger partial charge on any atom is 0.191 e. The van der Waals surface area contributed by atoms with E-state index in [0.29, 0.717) is 25.1 Å². The molecule has 0 bridgehead atoms. The zero-order chi connectivity index (χ0) is 21.5. The molecule has 3 atom stereocenters. The number of nitrogens with one attached hydrogen (secondary N) is 2. The second-order valence-electron chi connectivity index (χ2n) is 8.42. The van der Waals surface area contributed by atoms with Crippen LogP contribution in [0.1, 0.15) is 45.4 Å². The third-order valence-electron chi connectivity index (χ3n) is 6.11. The van der Waals surface area contributed by atoms with E-state index in [1.807, 2.05) is 24.3 Å². The third kappa shape index (κ3) is 5.68. The van der Waals surface area contributed by atoms with Gasteiger partial charge in [-0.25, -0.2) is 4.99 Å². The topological polar surface area (TPSA) is 85.6 Å². The number of benzene rings is 1. The van der Waals surface area contributed by atoms with Gasteiger partial charge in [0.25, 0.3) is 0 Å². The highest BCUT2D eigenvalue weighted by Crippen LogP contribution is 2.30. The van der Waals surface area contributed by atoms with Gasteiger partial charge in [0.15, 0.2) is 23.6 Å². The Kier molecular flexibility index (Phi) is 7.27. The molecule has 0 radical (unpaired) electrons. The van der Waals surface area contributed by atoms with Gasteiger partial charge in [-0.3, -0.25) is 0 Å². The summed E-state index contributed by atoms with van der Waals surface area (Å²) in [5.41, 5.74) is 0. The average Bonchev–Trinajstić information content (AvgIpc) is 3.26. The number of para-hydroxylation sites is 2. The van der Waals surface area contributed by atoms with E-state index in [1.54, 1.807) is 6.33 Å². The van der Waals surface area contributed by atoms with Crippen molar-refractivity contribution in [2.75, 3.05) is 19.7 Å². The summed E-state index contributed by atoms with van der Waals surface area (Å²) in [5.74, 6) is 4.08. The van der Waals surface area contributed by atoms with E-state index in [-0.39, 0.29) is 6.10 Å². The maximum absolute atomic E-state index is 6.08. The van der Waals surface area contributed by atoms with Crippen LogP contribution >= 0.6 is 0 Å². The molecule has 31 heavy (non-hydrogen) atoms. The van der Waals surface area contributed by atoms with Crippen LogP contribution in [-0.2, 0) is 13.0 Å². The van der Waals surface area contributed by atoms with Gasteiger partial charge in [0.2, 0.25) is 0 Å². The number of fused-ring (bicyclic) bond motifs is 1. The number of aliphatic imine (C=N–C) groups is 1. The van der Waals surface area contributed by atoms with Gasteiger partial charge in [0.05, 0.1) is 6.54 Å². The van der Waals surface area contributed by atoms with Crippen molar-refractivity contribution in [1.29, 1.82) is 0 Å². The number of rotatable bonds is 7. The number of hydrogen-bond acceptors (Lipinski definition) is 5. The van der Waals surface area contributed by atoms with Crippen LogP contribution in [0, 0.1) is 5.92 Å². The van der Waals surface area contributed by atoms with Gasteiger partial charge in [-0.1, -0.05) is 38.8 Å². The lowest BCUT2D eigenvalue weighted by Gasteiger charge is -2.31. The first kappa shape index (κ1) is 21.5. The maximum atomic E-state index is 6.08. The largest absolute Gasteiger partial charge is 0.486 e. The molecule has 4 rings (SSSR count). The van der Waals surface area contributed by atoms with E-state index in [9.17, 15) is 0 Å². The Morgan fingerprint density at radius 2 is 2.06 bits per heavy atom. The molecule has 3 unspecified atom stereocenters. The fourth-order valence-corrected chi connectivity index (χ4v) is 4.24. The second-order valence-corrected chi connectivity index (χ2v) is 8.42. The first-order valence-electron chi connectivity index (χ1n) is 11.5. The molecule has 0 amide bonds. The van der Waals surface area contributed by atoms with Gasteiger partial charge in [0, 0.05) is 25.6 Å². The van der Waals surface area contributed by atoms with Crippen LogP contribution in [-0.4, -0.2) is 52.6 Å². The number of ether oxygens (including phenoxy) is 2. The summed E-state index contributed by atoms with van der Waals surface area (Å²) >= 11 is 0. The smallest absolute Gasteiger partial charge is 0.191 e. The lowest BCUT2D eigenvalue weighted by molar-refractivity contribution is 0.0971. The summed E-state index contributed by atoms with van der Waals surface area (Å²) in [5, 5.41) is 15.4. The lowest BCUT2D eigenvalue weighted by atomic mass is 9.86. The Morgan fingerprint density at radius 1 is 1.23 bits per heavy atom. The van der Waals surface area contributed by atoms with Gasteiger partial charge in [-0.05, 0) is 30.9 Å². The predicted octanol–water partition coefficient (Wildman–Crippen LogP) is 2.79. The Balaban J connectivity index is 1.37. The Labute approximate surface area is 184 Å². The van der Waals surface area contributed by atoms with E-state index in [1.165, 1.54) is 25.7 Å². The second kappa shape index (κ2) is 10.5. The molecule has 8 heteroatoms. The minimum absolute atomic E-state index is 0.0955. The molecule has 1 aromatic carbocycles. The highest BCUT2D eigenvalue weighted by atomic mass is 16.6. The summed E-state index contributed by atoms with van der Waals surface area (Å²) in [7, 11) is 0. The quantitative estimate of drug-likeness (QED) is 0.523. The Hall–Kier alpha value is -2.77. The van der Waals surface area contributed by atoms with Gasteiger partial charge in [-0.2, -0.15) is 0 Å². The van der Waals surface area contributed by atoms with E-state index >= 15 is 0 Å². The van der Waals surface area contributed by atoms with E-state index in [0.717, 1.165) is 42.8 Å². The summed E-state index contributed by atoms with van der Waals surface area (Å²) < 4.78 is 14.0. The highest BCUT2D eigenvalue weighted by Gasteiger charge is 2.23. The number of guanidine groups is 1. The normalized spacial score (nSPS) is 23.4. The molecule has 2 aromatic rings. The summed E-state index contributed by atoms with van der Waals surface area (Å²) in [6.07, 6.45) is 7.61. The molecule has 168 valence electrons. The molecule has 0 spiro atoms. The monoisotopic (exact) mass is 426 g/mol. The molecule has 1 fully saturated rings. The van der Waals surface area contributed by atoms with Crippen molar-refractivity contribution in [3.8, 4) is 11.5 Å². The fourth-order valence-electron chi connectivity index (χ4n) is 4.24. The minimum Gasteiger partial charge on any atom is -0.486 e. The van der Waals surface area contributed by atoms with E-state index < -0.39 is 0 Å². The zero-order valence-corrected chi connectivity index (χ0v) is 18.6. The standard InChI is InChI=1S/C23H34N6O2/c1-3-22-28-26-16-29(22)13-12-24-23(27-19-9-5-4-8-17(19)2)25-14-18-15-30-20-10-6-7-11-21(20)31-18/h6-7,10-11,16-19H,3-5,8-9,12-15H2,1-2H3,(H2,24,25,27). The number of hydrogen-bond donors (Lipinski definition) is 2. The number of nitrogens with zero attached hydrogens (tertiary/aromatic N) is 4. The summed E-state index contributed by atoms with van der Waals surface area (Å²) in [6.45, 7) is 7.02. The van der Waals surface area contributed by atoms with Gasteiger partial charge < -0.3 is 24.7 Å². The van der Waals surface area contributed by atoms with E-state index in [4.69, 9.17) is 14.5 Å². The molecule has 1 aromatic heterocycles. The predicted molar refractivity (Wildman–Crippen MR) is 121 cm³/mol. The third-order valence-corrected chi connectivity index (χ3v) is 6.11. The van der Waals surface area contributed by atoms with Crippen molar-refractivity contribution in [1.82, 2.24) is 25.4 Å². The first-order valence-corrected chi connectivity index (χ1v) is 11.5. The van der Waals surface area contributed by atoms with Crippen molar-refractivity contribution in [2.24, 2.45) is 10.9 Å². The number of aryl methyl sites for hydroxylation is 1. The highest BCUT2D eigenvalue weighted by molar-refractivity contribution is 5.80. The molecule has 8 nitrogen and oxygen atoms in total. The molecule has 1 aliphatic carbocycles. The fraction of sp³-hybridized carbons (Fsp3) is 0.609. The van der Waals surface area contributed by atoms with Crippen LogP contribution in [0.4, 0.5) is 0 Å². The average molecular weight is 427 g/mol. The van der Waals surface area contributed by atoms with Gasteiger partial charge in [-0.15, -0.1) is 10.2 Å². The van der Waals surface area contributed by atoms with Crippen LogP contribution < -0.4 is 20.1 Å². The van der Waals surface area contributed by atoms with Crippen LogP contribution in [0.25, 0.3) is 0 Å². The van der Waals surface area contributed by atoms with Crippen molar-refractivity contribution >= 4 is 5.96 Å². The first-order chi connectivity index (χ1) is 15.2. The van der Waals surface area contributed by atoms with Crippen LogP contribution in [0.2, 0.25) is 0 Å². The van der Waals surface area contributed by atoms with Gasteiger partial charge >= 0.3 is 0 Å². The SMILES string of the molecule is CCc1nncn1CCNC(=NCC1COc2ccccc2O1)NC1CCCCC1C. The molecule has 1 saturated carbocycles. The molecule has 0 saturated heterocycles. The molecule has 2 heterocycles. The Morgan fingerprint density at radius 3 is 2.90 bits per heavy atom. The zero-order valence-electron chi connectivity index (χ0n) is 18.6. The van der Waals surface area contributed by atoms with Crippen LogP contribution in [0.5, 0.6) is 11.5 Å². The van der Waals surface area contributed by atoms with Gasteiger partial charge in [0.1, 0.15) is 18.8 Å². The molecule has 2 aliphatic rings. The molecular weight excluding hydrogens is 392 g/mol. The van der Waals surface area contributed by atoms with Crippen LogP contribution in [0.15, 0.2) is 35.6 Å². The summed E-state index contributed by atoms with van der Waals surface area (Å²) in [6, 6.07) is 8.24.